The topological polar surface area (TPSA) is 41.1 Å². The van der Waals surface area contributed by atoms with Gasteiger partial charge in [-0.1, -0.05) is 0 Å². The highest BCUT2D eigenvalue weighted by molar-refractivity contribution is 5.80. The van der Waals surface area contributed by atoms with Crippen LogP contribution < -0.4 is 10.6 Å². The molecule has 0 aromatic carbocycles. The first kappa shape index (κ1) is 8.05. The molecule has 3 heteroatoms. The van der Waals surface area contributed by atoms with Gasteiger partial charge in [-0.05, 0) is 32.7 Å². The zero-order valence-corrected chi connectivity index (χ0v) is 7.52. The molecule has 1 aliphatic carbocycles. The summed E-state index contributed by atoms with van der Waals surface area (Å²) < 4.78 is 0. The Kier molecular flexibility index (Phi) is 1.83. The predicted molar refractivity (Wildman–Crippen MR) is 46.8 cm³/mol. The average Bonchev–Trinajstić information content (AvgIpc) is 2.55. The molecular weight excluding hydrogens is 152 g/mol. The average molecular weight is 168 g/mol. The third-order valence-corrected chi connectivity index (χ3v) is 2.86. The van der Waals surface area contributed by atoms with Gasteiger partial charge in [0, 0.05) is 12.1 Å². The van der Waals surface area contributed by atoms with Crippen molar-refractivity contribution in [3.8, 4) is 0 Å². The van der Waals surface area contributed by atoms with Crippen molar-refractivity contribution < 1.29 is 4.79 Å². The van der Waals surface area contributed by atoms with Gasteiger partial charge < -0.3 is 10.6 Å². The Morgan fingerprint density at radius 1 is 1.58 bits per heavy atom. The standard InChI is InChI=1S/C9H16N2O/c1-9(3-4-9)11-8(12)7-2-5-10-6-7/h7,10H,2-6H2,1H3,(H,11,12). The van der Waals surface area contributed by atoms with Crippen LogP contribution in [-0.4, -0.2) is 24.5 Å². The molecule has 1 heterocycles. The Morgan fingerprint density at radius 3 is 2.83 bits per heavy atom. The molecule has 0 radical (unpaired) electrons. The van der Waals surface area contributed by atoms with Crippen LogP contribution in [0.1, 0.15) is 26.2 Å². The van der Waals surface area contributed by atoms with E-state index < -0.39 is 0 Å². The predicted octanol–water partition coefficient (Wildman–Crippen LogP) is 0.265. The second-order valence-corrected chi connectivity index (χ2v) is 4.24. The van der Waals surface area contributed by atoms with Crippen molar-refractivity contribution in [2.24, 2.45) is 5.92 Å². The third-order valence-electron chi connectivity index (χ3n) is 2.86. The van der Waals surface area contributed by atoms with Gasteiger partial charge in [0.25, 0.3) is 0 Å². The Hall–Kier alpha value is -0.570. The minimum absolute atomic E-state index is 0.152. The summed E-state index contributed by atoms with van der Waals surface area (Å²) in [6.07, 6.45) is 3.31. The van der Waals surface area contributed by atoms with Crippen molar-refractivity contribution in [3.63, 3.8) is 0 Å². The number of amides is 1. The van der Waals surface area contributed by atoms with Gasteiger partial charge in [-0.2, -0.15) is 0 Å². The quantitative estimate of drug-likeness (QED) is 0.621. The Labute approximate surface area is 72.9 Å². The van der Waals surface area contributed by atoms with E-state index in [-0.39, 0.29) is 17.4 Å². The summed E-state index contributed by atoms with van der Waals surface area (Å²) in [4.78, 5) is 11.5. The molecule has 1 saturated carbocycles. The molecule has 2 N–H and O–H groups in total. The van der Waals surface area contributed by atoms with Gasteiger partial charge >= 0.3 is 0 Å². The zero-order valence-electron chi connectivity index (χ0n) is 7.52. The Balaban J connectivity index is 1.83. The number of carbonyl (C=O) groups excluding carboxylic acids is 1. The molecule has 1 atom stereocenters. The van der Waals surface area contributed by atoms with Crippen molar-refractivity contribution >= 4 is 5.91 Å². The molecule has 0 bridgehead atoms. The summed E-state index contributed by atoms with van der Waals surface area (Å²) in [5, 5.41) is 6.29. The molecule has 1 saturated heterocycles. The molecule has 1 amide bonds. The second kappa shape index (κ2) is 2.73. The highest BCUT2D eigenvalue weighted by Gasteiger charge is 2.40. The van der Waals surface area contributed by atoms with Crippen molar-refractivity contribution in [2.75, 3.05) is 13.1 Å². The summed E-state index contributed by atoms with van der Waals surface area (Å²) in [5.41, 5.74) is 0.152. The van der Waals surface area contributed by atoms with E-state index >= 15 is 0 Å². The van der Waals surface area contributed by atoms with Gasteiger partial charge in [-0.3, -0.25) is 4.79 Å². The van der Waals surface area contributed by atoms with E-state index in [2.05, 4.69) is 17.6 Å². The lowest BCUT2D eigenvalue weighted by molar-refractivity contribution is -0.125. The lowest BCUT2D eigenvalue weighted by atomic mass is 10.1. The minimum atomic E-state index is 0.152. The maximum atomic E-state index is 11.5. The van der Waals surface area contributed by atoms with Gasteiger partial charge in [0.1, 0.15) is 0 Å². The number of nitrogens with one attached hydrogen (secondary N) is 2. The van der Waals surface area contributed by atoms with Gasteiger partial charge in [0.2, 0.25) is 5.91 Å². The Bertz CT molecular complexity index is 193. The van der Waals surface area contributed by atoms with Crippen LogP contribution in [0.2, 0.25) is 0 Å². The molecule has 1 aliphatic heterocycles. The minimum Gasteiger partial charge on any atom is -0.351 e. The van der Waals surface area contributed by atoms with Gasteiger partial charge in [0.05, 0.1) is 5.92 Å². The fourth-order valence-electron chi connectivity index (χ4n) is 1.59. The number of carbonyl (C=O) groups is 1. The van der Waals surface area contributed by atoms with Gasteiger partial charge in [-0.25, -0.2) is 0 Å². The van der Waals surface area contributed by atoms with Crippen LogP contribution in [0, 0.1) is 5.92 Å². The lowest BCUT2D eigenvalue weighted by Gasteiger charge is -2.14. The van der Waals surface area contributed by atoms with E-state index in [1.54, 1.807) is 0 Å². The molecule has 68 valence electrons. The number of rotatable bonds is 2. The zero-order chi connectivity index (χ0) is 8.60. The van der Waals surface area contributed by atoms with E-state index in [4.69, 9.17) is 0 Å². The molecule has 0 aromatic rings. The molecule has 1 unspecified atom stereocenters. The first-order chi connectivity index (χ1) is 5.70. The monoisotopic (exact) mass is 168 g/mol. The maximum Gasteiger partial charge on any atom is 0.224 e. The highest BCUT2D eigenvalue weighted by atomic mass is 16.2. The van der Waals surface area contributed by atoms with E-state index in [9.17, 15) is 4.79 Å². The van der Waals surface area contributed by atoms with E-state index in [0.717, 1.165) is 32.4 Å². The molecule has 2 fully saturated rings. The van der Waals surface area contributed by atoms with Crippen molar-refractivity contribution in [3.05, 3.63) is 0 Å². The van der Waals surface area contributed by atoms with Gasteiger partial charge in [0.15, 0.2) is 0 Å². The Morgan fingerprint density at radius 2 is 2.33 bits per heavy atom. The third kappa shape index (κ3) is 1.61. The van der Waals surface area contributed by atoms with Gasteiger partial charge in [-0.15, -0.1) is 0 Å². The van der Waals surface area contributed by atoms with E-state index in [0.29, 0.717) is 0 Å². The van der Waals surface area contributed by atoms with Crippen molar-refractivity contribution in [1.82, 2.24) is 10.6 Å². The van der Waals surface area contributed by atoms with Crippen LogP contribution in [0.3, 0.4) is 0 Å². The van der Waals surface area contributed by atoms with E-state index in [1.807, 2.05) is 0 Å². The molecular formula is C9H16N2O. The lowest BCUT2D eigenvalue weighted by Crippen LogP contribution is -2.39. The van der Waals surface area contributed by atoms with E-state index in [1.165, 1.54) is 0 Å². The van der Waals surface area contributed by atoms with Crippen LogP contribution in [0.25, 0.3) is 0 Å². The summed E-state index contributed by atoms with van der Waals surface area (Å²) in [6, 6.07) is 0. The largest absolute Gasteiger partial charge is 0.351 e. The number of hydrogen-bond donors (Lipinski definition) is 2. The summed E-state index contributed by atoms with van der Waals surface area (Å²) >= 11 is 0. The normalized spacial score (nSPS) is 31.6. The van der Waals surface area contributed by atoms with Crippen LogP contribution in [-0.2, 0) is 4.79 Å². The van der Waals surface area contributed by atoms with Crippen LogP contribution in [0.15, 0.2) is 0 Å². The van der Waals surface area contributed by atoms with Crippen LogP contribution in [0.4, 0.5) is 0 Å². The first-order valence-electron chi connectivity index (χ1n) is 4.72. The summed E-state index contributed by atoms with van der Waals surface area (Å²) in [5.74, 6) is 0.474. The number of hydrogen-bond acceptors (Lipinski definition) is 2. The molecule has 2 rings (SSSR count). The van der Waals surface area contributed by atoms with Crippen molar-refractivity contribution in [1.29, 1.82) is 0 Å². The maximum absolute atomic E-state index is 11.5. The van der Waals surface area contributed by atoms with Crippen LogP contribution in [0.5, 0.6) is 0 Å². The summed E-state index contributed by atoms with van der Waals surface area (Å²) in [6.45, 7) is 3.98. The molecule has 3 nitrogen and oxygen atoms in total. The SMILES string of the molecule is CC1(NC(=O)C2CCNC2)CC1. The fourth-order valence-corrected chi connectivity index (χ4v) is 1.59. The van der Waals surface area contributed by atoms with Crippen LogP contribution >= 0.6 is 0 Å². The fraction of sp³-hybridized carbons (Fsp3) is 0.889. The first-order valence-corrected chi connectivity index (χ1v) is 4.72. The molecule has 2 aliphatic rings. The smallest absolute Gasteiger partial charge is 0.224 e. The second-order valence-electron chi connectivity index (χ2n) is 4.24. The van der Waals surface area contributed by atoms with Crippen molar-refractivity contribution in [2.45, 2.75) is 31.7 Å². The molecule has 12 heavy (non-hydrogen) atoms. The summed E-state index contributed by atoms with van der Waals surface area (Å²) in [7, 11) is 0. The highest BCUT2D eigenvalue weighted by Crippen LogP contribution is 2.34. The molecule has 0 spiro atoms. The molecule has 0 aromatic heterocycles.